The number of nitrogens with zero attached hydrogens (tertiary/aromatic N) is 4. The number of amides is 1. The second-order valence-electron chi connectivity index (χ2n) is 5.85. The molecule has 4 aromatic rings. The number of rotatable bonds is 4. The summed E-state index contributed by atoms with van der Waals surface area (Å²) in [6, 6.07) is 13.4. The second-order valence-corrected chi connectivity index (χ2v) is 5.85. The Balaban J connectivity index is 1.55. The van der Waals surface area contributed by atoms with Crippen LogP contribution in [0.3, 0.4) is 0 Å². The van der Waals surface area contributed by atoms with Gasteiger partial charge in [0.1, 0.15) is 11.2 Å². The molecule has 3 aromatic heterocycles. The molecule has 0 bridgehead atoms. The van der Waals surface area contributed by atoms with Crippen molar-refractivity contribution in [2.75, 3.05) is 12.4 Å². The van der Waals surface area contributed by atoms with Crippen molar-refractivity contribution in [3.05, 3.63) is 66.6 Å². The number of fused-ring (bicyclic) bond motifs is 1. The molecule has 0 atom stereocenters. The van der Waals surface area contributed by atoms with Crippen LogP contribution in [-0.4, -0.2) is 32.2 Å². The van der Waals surface area contributed by atoms with E-state index in [0.717, 1.165) is 16.9 Å². The molecular weight excluding hydrogens is 330 g/mol. The van der Waals surface area contributed by atoms with Crippen LogP contribution in [0.25, 0.3) is 16.9 Å². The standard InChI is InChI=1S/C19H17N5O2/c1-23-11-15(19(22-23)26-2)18(25)20-14-8-6-13(7-9-14)16-12-24-10-4-3-5-17(24)21-16/h3-12H,1-2H3,(H,20,25). The molecule has 7 nitrogen and oxygen atoms in total. The zero-order chi connectivity index (χ0) is 18.1. The number of aryl methyl sites for hydroxylation is 1. The van der Waals surface area contributed by atoms with Gasteiger partial charge in [-0.15, -0.1) is 5.10 Å². The largest absolute Gasteiger partial charge is 0.479 e. The SMILES string of the molecule is COc1nn(C)cc1C(=O)Nc1ccc(-c2cn3ccccc3n2)cc1. The number of carbonyl (C=O) groups excluding carboxylic acids is 1. The van der Waals surface area contributed by atoms with Crippen LogP contribution in [0.5, 0.6) is 5.88 Å². The predicted molar refractivity (Wildman–Crippen MR) is 98.3 cm³/mol. The van der Waals surface area contributed by atoms with E-state index in [4.69, 9.17) is 4.74 Å². The first kappa shape index (κ1) is 15.9. The fraction of sp³-hybridized carbons (Fsp3) is 0.105. The van der Waals surface area contributed by atoms with E-state index < -0.39 is 0 Å². The molecule has 0 radical (unpaired) electrons. The number of imidazole rings is 1. The molecule has 1 aromatic carbocycles. The van der Waals surface area contributed by atoms with Crippen LogP contribution in [0.2, 0.25) is 0 Å². The van der Waals surface area contributed by atoms with Crippen molar-refractivity contribution in [2.24, 2.45) is 7.05 Å². The van der Waals surface area contributed by atoms with Gasteiger partial charge in [0.25, 0.3) is 5.91 Å². The van der Waals surface area contributed by atoms with Gasteiger partial charge in [-0.05, 0) is 24.3 Å². The average molecular weight is 347 g/mol. The third kappa shape index (κ3) is 2.90. The van der Waals surface area contributed by atoms with E-state index in [2.05, 4.69) is 15.4 Å². The van der Waals surface area contributed by atoms with Gasteiger partial charge in [-0.2, -0.15) is 0 Å². The van der Waals surface area contributed by atoms with Gasteiger partial charge in [0.2, 0.25) is 5.88 Å². The van der Waals surface area contributed by atoms with Crippen LogP contribution in [-0.2, 0) is 7.05 Å². The maximum atomic E-state index is 12.4. The van der Waals surface area contributed by atoms with Gasteiger partial charge in [-0.1, -0.05) is 18.2 Å². The minimum Gasteiger partial charge on any atom is -0.479 e. The number of hydrogen-bond donors (Lipinski definition) is 1. The fourth-order valence-corrected chi connectivity index (χ4v) is 2.77. The Morgan fingerprint density at radius 1 is 1.12 bits per heavy atom. The highest BCUT2D eigenvalue weighted by molar-refractivity contribution is 6.05. The van der Waals surface area contributed by atoms with Crippen molar-refractivity contribution in [2.45, 2.75) is 0 Å². The number of anilines is 1. The van der Waals surface area contributed by atoms with Crippen molar-refractivity contribution < 1.29 is 9.53 Å². The first-order valence-electron chi connectivity index (χ1n) is 8.07. The maximum Gasteiger partial charge on any atom is 0.262 e. The molecule has 0 saturated heterocycles. The third-order valence-electron chi connectivity index (χ3n) is 4.04. The van der Waals surface area contributed by atoms with E-state index in [-0.39, 0.29) is 5.91 Å². The zero-order valence-electron chi connectivity index (χ0n) is 14.4. The van der Waals surface area contributed by atoms with Gasteiger partial charge in [0.15, 0.2) is 0 Å². The topological polar surface area (TPSA) is 73.5 Å². The molecule has 1 N–H and O–H groups in total. The molecule has 0 aliphatic carbocycles. The first-order valence-corrected chi connectivity index (χ1v) is 8.07. The van der Waals surface area contributed by atoms with Crippen LogP contribution in [0.4, 0.5) is 5.69 Å². The molecular formula is C19H17N5O2. The number of nitrogens with one attached hydrogen (secondary N) is 1. The second kappa shape index (κ2) is 6.36. The van der Waals surface area contributed by atoms with Crippen molar-refractivity contribution >= 4 is 17.2 Å². The number of hydrogen-bond acceptors (Lipinski definition) is 4. The summed E-state index contributed by atoms with van der Waals surface area (Å²) >= 11 is 0. The third-order valence-corrected chi connectivity index (χ3v) is 4.04. The molecule has 0 aliphatic heterocycles. The van der Waals surface area contributed by atoms with E-state index in [1.54, 1.807) is 17.9 Å². The summed E-state index contributed by atoms with van der Waals surface area (Å²) in [6.07, 6.45) is 5.56. The molecule has 0 saturated carbocycles. The lowest BCUT2D eigenvalue weighted by molar-refractivity contribution is 0.102. The smallest absolute Gasteiger partial charge is 0.262 e. The van der Waals surface area contributed by atoms with E-state index in [1.807, 2.05) is 59.3 Å². The van der Waals surface area contributed by atoms with Crippen LogP contribution in [0.15, 0.2) is 61.1 Å². The van der Waals surface area contributed by atoms with Crippen molar-refractivity contribution in [3.8, 4) is 17.1 Å². The summed E-state index contributed by atoms with van der Waals surface area (Å²) in [4.78, 5) is 17.0. The van der Waals surface area contributed by atoms with E-state index >= 15 is 0 Å². The van der Waals surface area contributed by atoms with Gasteiger partial charge in [-0.25, -0.2) is 4.98 Å². The Labute approximate surface area is 149 Å². The van der Waals surface area contributed by atoms with Crippen LogP contribution in [0.1, 0.15) is 10.4 Å². The van der Waals surface area contributed by atoms with Gasteiger partial charge >= 0.3 is 0 Å². The van der Waals surface area contributed by atoms with E-state index in [1.165, 1.54) is 7.11 Å². The van der Waals surface area contributed by atoms with Crippen LogP contribution >= 0.6 is 0 Å². The minimum absolute atomic E-state index is 0.268. The van der Waals surface area contributed by atoms with Gasteiger partial charge in [0, 0.05) is 36.9 Å². The normalized spacial score (nSPS) is 10.8. The van der Waals surface area contributed by atoms with E-state index in [9.17, 15) is 4.79 Å². The Hall–Kier alpha value is -3.61. The lowest BCUT2D eigenvalue weighted by Crippen LogP contribution is -2.12. The molecule has 4 rings (SSSR count). The number of aromatic nitrogens is 4. The minimum atomic E-state index is -0.268. The van der Waals surface area contributed by atoms with Crippen molar-refractivity contribution in [1.82, 2.24) is 19.2 Å². The average Bonchev–Trinajstić information content (AvgIpc) is 3.25. The molecule has 0 unspecified atom stereocenters. The van der Waals surface area contributed by atoms with Crippen LogP contribution in [0, 0.1) is 0 Å². The molecule has 130 valence electrons. The summed E-state index contributed by atoms with van der Waals surface area (Å²) in [7, 11) is 3.23. The molecule has 7 heteroatoms. The Bertz CT molecular complexity index is 1050. The summed E-state index contributed by atoms with van der Waals surface area (Å²) < 4.78 is 8.64. The molecule has 0 fully saturated rings. The monoisotopic (exact) mass is 347 g/mol. The van der Waals surface area contributed by atoms with Crippen molar-refractivity contribution in [1.29, 1.82) is 0 Å². The summed E-state index contributed by atoms with van der Waals surface area (Å²) in [6.45, 7) is 0. The highest BCUT2D eigenvalue weighted by Gasteiger charge is 2.16. The first-order chi connectivity index (χ1) is 12.6. The summed E-state index contributed by atoms with van der Waals surface area (Å²) in [5, 5.41) is 6.94. The molecule has 1 amide bonds. The van der Waals surface area contributed by atoms with Gasteiger partial charge in [0.05, 0.1) is 12.8 Å². The highest BCUT2D eigenvalue weighted by Crippen LogP contribution is 2.22. The van der Waals surface area contributed by atoms with Gasteiger partial charge in [-0.3, -0.25) is 9.48 Å². The summed E-state index contributed by atoms with van der Waals surface area (Å²) in [5.41, 5.74) is 3.82. The lowest BCUT2D eigenvalue weighted by atomic mass is 10.1. The number of pyridine rings is 1. The Kier molecular flexibility index (Phi) is 3.89. The number of ether oxygens (including phenoxy) is 1. The molecule has 3 heterocycles. The molecule has 0 aliphatic rings. The Morgan fingerprint density at radius 2 is 1.92 bits per heavy atom. The molecule has 26 heavy (non-hydrogen) atoms. The number of methoxy groups -OCH3 is 1. The summed E-state index contributed by atoms with van der Waals surface area (Å²) in [5.74, 6) is 0.0294. The van der Waals surface area contributed by atoms with Crippen LogP contribution < -0.4 is 10.1 Å². The Morgan fingerprint density at radius 3 is 2.65 bits per heavy atom. The lowest BCUT2D eigenvalue weighted by Gasteiger charge is -2.05. The zero-order valence-corrected chi connectivity index (χ0v) is 14.4. The molecule has 0 spiro atoms. The highest BCUT2D eigenvalue weighted by atomic mass is 16.5. The number of benzene rings is 1. The maximum absolute atomic E-state index is 12.4. The predicted octanol–water partition coefficient (Wildman–Crippen LogP) is 3.00. The quantitative estimate of drug-likeness (QED) is 0.616. The number of carbonyl (C=O) groups is 1. The fourth-order valence-electron chi connectivity index (χ4n) is 2.77. The van der Waals surface area contributed by atoms with Crippen molar-refractivity contribution in [3.63, 3.8) is 0 Å². The van der Waals surface area contributed by atoms with Gasteiger partial charge < -0.3 is 14.5 Å². The van der Waals surface area contributed by atoms with E-state index in [0.29, 0.717) is 17.1 Å².